The molecule has 0 saturated heterocycles. The van der Waals surface area contributed by atoms with E-state index in [4.69, 9.17) is 39.5 Å². The Hall–Kier alpha value is -1.95. The van der Waals surface area contributed by atoms with Crippen molar-refractivity contribution in [3.05, 3.63) is 62.6 Å². The Balaban J connectivity index is 2.19. The quantitative estimate of drug-likeness (QED) is 0.570. The molecule has 0 unspecified atom stereocenters. The van der Waals surface area contributed by atoms with Crippen molar-refractivity contribution in [1.29, 1.82) is 0 Å². The van der Waals surface area contributed by atoms with E-state index in [0.29, 0.717) is 20.8 Å². The predicted molar refractivity (Wildman–Crippen MR) is 121 cm³/mol. The number of nitrogens with zero attached hydrogens (tertiary/aromatic N) is 1. The van der Waals surface area contributed by atoms with Gasteiger partial charge in [0, 0.05) is 17.6 Å². The molecule has 1 atom stereocenters. The lowest BCUT2D eigenvalue weighted by atomic mass is 10.1. The molecule has 8 heteroatoms. The summed E-state index contributed by atoms with van der Waals surface area (Å²) in [4.78, 5) is 27.0. The highest BCUT2D eigenvalue weighted by atomic mass is 35.5. The third-order valence-electron chi connectivity index (χ3n) is 4.43. The molecule has 0 spiro atoms. The molecule has 5 nitrogen and oxygen atoms in total. The van der Waals surface area contributed by atoms with Crippen molar-refractivity contribution in [2.24, 2.45) is 0 Å². The van der Waals surface area contributed by atoms with Crippen LogP contribution >= 0.6 is 34.8 Å². The molecule has 0 bridgehead atoms. The smallest absolute Gasteiger partial charge is 0.261 e. The van der Waals surface area contributed by atoms with E-state index in [1.165, 1.54) is 4.90 Å². The number of ether oxygens (including phenoxy) is 1. The highest BCUT2D eigenvalue weighted by Crippen LogP contribution is 2.24. The van der Waals surface area contributed by atoms with Gasteiger partial charge < -0.3 is 15.0 Å². The number of carbonyl (C=O) groups is 2. The topological polar surface area (TPSA) is 58.6 Å². The summed E-state index contributed by atoms with van der Waals surface area (Å²) >= 11 is 18.1. The van der Waals surface area contributed by atoms with Gasteiger partial charge in [-0.25, -0.2) is 0 Å². The summed E-state index contributed by atoms with van der Waals surface area (Å²) in [5, 5.41) is 4.26. The van der Waals surface area contributed by atoms with E-state index < -0.39 is 6.04 Å². The number of hydrogen-bond donors (Lipinski definition) is 1. The monoisotopic (exact) mass is 470 g/mol. The van der Waals surface area contributed by atoms with Crippen LogP contribution in [0.5, 0.6) is 5.75 Å². The Morgan fingerprint density at radius 1 is 1.00 bits per heavy atom. The molecule has 0 aliphatic heterocycles. The minimum atomic E-state index is -0.704. The van der Waals surface area contributed by atoms with Gasteiger partial charge in [0.1, 0.15) is 11.8 Å². The molecule has 2 aromatic carbocycles. The van der Waals surface area contributed by atoms with Gasteiger partial charge in [0.25, 0.3) is 5.91 Å². The molecule has 30 heavy (non-hydrogen) atoms. The number of carbonyl (C=O) groups excluding carboxylic acids is 2. The van der Waals surface area contributed by atoms with Crippen molar-refractivity contribution in [3.63, 3.8) is 0 Å². The molecule has 0 heterocycles. The Morgan fingerprint density at radius 2 is 1.67 bits per heavy atom. The zero-order chi connectivity index (χ0) is 22.4. The van der Waals surface area contributed by atoms with Crippen LogP contribution in [0, 0.1) is 6.92 Å². The Labute approximate surface area is 192 Å². The van der Waals surface area contributed by atoms with Gasteiger partial charge in [0.05, 0.1) is 10.0 Å². The van der Waals surface area contributed by atoms with Gasteiger partial charge in [0.2, 0.25) is 5.91 Å². The van der Waals surface area contributed by atoms with Crippen LogP contribution in [0.2, 0.25) is 15.1 Å². The van der Waals surface area contributed by atoms with E-state index >= 15 is 0 Å². The molecule has 162 valence electrons. The second-order valence-electron chi connectivity index (χ2n) is 7.31. The summed E-state index contributed by atoms with van der Waals surface area (Å²) in [7, 11) is 0. The molecular weight excluding hydrogens is 447 g/mol. The van der Waals surface area contributed by atoms with Gasteiger partial charge in [-0.3, -0.25) is 9.59 Å². The van der Waals surface area contributed by atoms with Crippen LogP contribution in [0.3, 0.4) is 0 Å². The van der Waals surface area contributed by atoms with E-state index in [1.54, 1.807) is 43.3 Å². The maximum Gasteiger partial charge on any atom is 0.261 e. The van der Waals surface area contributed by atoms with Gasteiger partial charge in [-0.1, -0.05) is 40.9 Å². The molecule has 0 fully saturated rings. The predicted octanol–water partition coefficient (Wildman–Crippen LogP) is 5.28. The normalized spacial score (nSPS) is 11.9. The summed E-state index contributed by atoms with van der Waals surface area (Å²) in [5.74, 6) is -0.0557. The fourth-order valence-corrected chi connectivity index (χ4v) is 3.20. The summed E-state index contributed by atoms with van der Waals surface area (Å²) in [6, 6.07) is 9.52. The minimum absolute atomic E-state index is 0.0461. The highest BCUT2D eigenvalue weighted by Gasteiger charge is 2.27. The summed E-state index contributed by atoms with van der Waals surface area (Å²) in [5.41, 5.74) is 1.60. The molecule has 1 N–H and O–H groups in total. The van der Waals surface area contributed by atoms with Gasteiger partial charge in [-0.15, -0.1) is 0 Å². The number of halogens is 3. The summed E-state index contributed by atoms with van der Waals surface area (Å²) in [6.07, 6.45) is 0. The van der Waals surface area contributed by atoms with Crippen LogP contribution in [0.4, 0.5) is 0 Å². The lowest BCUT2D eigenvalue weighted by Gasteiger charge is -2.29. The first-order valence-electron chi connectivity index (χ1n) is 9.51. The van der Waals surface area contributed by atoms with Crippen LogP contribution in [0.1, 0.15) is 31.9 Å². The standard InChI is InChI=1S/C22H25Cl3N2O3/c1-13(2)26-22(29)15(4)27(11-16-5-7-19(24)20(25)10-16)21(28)12-30-17-6-8-18(23)14(3)9-17/h5-10,13,15H,11-12H2,1-4H3,(H,26,29)/t15-/m1/s1. The Bertz CT molecular complexity index is 918. The molecule has 0 radical (unpaired) electrons. The maximum atomic E-state index is 13.0. The van der Waals surface area contributed by atoms with E-state index in [1.807, 2.05) is 20.8 Å². The minimum Gasteiger partial charge on any atom is -0.484 e. The van der Waals surface area contributed by atoms with Gasteiger partial charge >= 0.3 is 0 Å². The van der Waals surface area contributed by atoms with Crippen LogP contribution in [0.15, 0.2) is 36.4 Å². The maximum absolute atomic E-state index is 13.0. The number of aryl methyl sites for hydroxylation is 1. The van der Waals surface area contributed by atoms with Crippen molar-refractivity contribution >= 4 is 46.6 Å². The first-order valence-corrected chi connectivity index (χ1v) is 10.6. The zero-order valence-corrected chi connectivity index (χ0v) is 19.6. The molecular formula is C22H25Cl3N2O3. The highest BCUT2D eigenvalue weighted by molar-refractivity contribution is 6.42. The van der Waals surface area contributed by atoms with Gasteiger partial charge in [-0.2, -0.15) is 0 Å². The second-order valence-corrected chi connectivity index (χ2v) is 8.53. The van der Waals surface area contributed by atoms with Gasteiger partial charge in [-0.05, 0) is 69.2 Å². The first-order chi connectivity index (χ1) is 14.1. The largest absolute Gasteiger partial charge is 0.484 e. The SMILES string of the molecule is Cc1cc(OCC(=O)N(Cc2ccc(Cl)c(Cl)c2)[C@H](C)C(=O)NC(C)C)ccc1Cl. The molecule has 2 rings (SSSR count). The van der Waals surface area contributed by atoms with Crippen molar-refractivity contribution in [3.8, 4) is 5.75 Å². The Kier molecular flexibility index (Phi) is 8.83. The van der Waals surface area contributed by atoms with Crippen LogP contribution < -0.4 is 10.1 Å². The molecule has 2 aromatic rings. The number of nitrogens with one attached hydrogen (secondary N) is 1. The second kappa shape index (κ2) is 10.9. The number of hydrogen-bond acceptors (Lipinski definition) is 3. The average molecular weight is 472 g/mol. The third kappa shape index (κ3) is 6.79. The van der Waals surface area contributed by atoms with E-state index in [9.17, 15) is 9.59 Å². The average Bonchev–Trinajstić information content (AvgIpc) is 2.68. The van der Waals surface area contributed by atoms with Crippen molar-refractivity contribution in [2.45, 2.75) is 46.3 Å². The zero-order valence-electron chi connectivity index (χ0n) is 17.3. The molecule has 0 aromatic heterocycles. The van der Waals surface area contributed by atoms with E-state index in [-0.39, 0.29) is 31.0 Å². The molecule has 2 amide bonds. The Morgan fingerprint density at radius 3 is 2.27 bits per heavy atom. The number of amides is 2. The molecule has 0 saturated carbocycles. The fraction of sp³-hybridized carbons (Fsp3) is 0.364. The summed E-state index contributed by atoms with van der Waals surface area (Å²) < 4.78 is 5.65. The van der Waals surface area contributed by atoms with Crippen LogP contribution in [-0.2, 0) is 16.1 Å². The molecule has 0 aliphatic rings. The summed E-state index contributed by atoms with van der Waals surface area (Å²) in [6.45, 7) is 7.22. The van der Waals surface area contributed by atoms with Gasteiger partial charge in [0.15, 0.2) is 6.61 Å². The van der Waals surface area contributed by atoms with Crippen LogP contribution in [0.25, 0.3) is 0 Å². The number of benzene rings is 2. The lowest BCUT2D eigenvalue weighted by molar-refractivity contribution is -0.142. The third-order valence-corrected chi connectivity index (χ3v) is 5.59. The fourth-order valence-electron chi connectivity index (χ4n) is 2.76. The van der Waals surface area contributed by atoms with E-state index in [2.05, 4.69) is 5.32 Å². The van der Waals surface area contributed by atoms with Crippen molar-refractivity contribution in [2.75, 3.05) is 6.61 Å². The number of rotatable bonds is 8. The molecule has 0 aliphatic carbocycles. The van der Waals surface area contributed by atoms with Crippen molar-refractivity contribution < 1.29 is 14.3 Å². The van der Waals surface area contributed by atoms with Crippen molar-refractivity contribution in [1.82, 2.24) is 10.2 Å². The van der Waals surface area contributed by atoms with Crippen LogP contribution in [-0.4, -0.2) is 35.4 Å². The van der Waals surface area contributed by atoms with E-state index in [0.717, 1.165) is 11.1 Å². The lowest BCUT2D eigenvalue weighted by Crippen LogP contribution is -2.50. The first kappa shape index (κ1) is 24.3.